The molecule has 1 fully saturated rings. The molecule has 1 aromatic carbocycles. The quantitative estimate of drug-likeness (QED) is 0.842. The van der Waals surface area contributed by atoms with Gasteiger partial charge < -0.3 is 10.2 Å². The van der Waals surface area contributed by atoms with E-state index in [2.05, 4.69) is 34.3 Å². The molecule has 2 heterocycles. The Morgan fingerprint density at radius 3 is 3.05 bits per heavy atom. The first-order valence-corrected chi connectivity index (χ1v) is 6.56. The average Bonchev–Trinajstić information content (AvgIpc) is 2.46. The van der Waals surface area contributed by atoms with Gasteiger partial charge in [0.05, 0.1) is 11.2 Å². The van der Waals surface area contributed by atoms with Gasteiger partial charge in [0, 0.05) is 31.1 Å². The SMILES string of the molecule is CC1CN(c2cc3ccccc3nc2C#N)CCN1. The summed E-state index contributed by atoms with van der Waals surface area (Å²) in [6.45, 7) is 4.93. The fourth-order valence-electron chi connectivity index (χ4n) is 2.58. The Morgan fingerprint density at radius 1 is 1.42 bits per heavy atom. The topological polar surface area (TPSA) is 52.0 Å². The Kier molecular flexibility index (Phi) is 3.06. The smallest absolute Gasteiger partial charge is 0.164 e. The zero-order valence-electron chi connectivity index (χ0n) is 10.9. The molecule has 0 amide bonds. The fourth-order valence-corrected chi connectivity index (χ4v) is 2.58. The van der Waals surface area contributed by atoms with Crippen molar-refractivity contribution in [2.75, 3.05) is 24.5 Å². The third-order valence-corrected chi connectivity index (χ3v) is 3.52. The van der Waals surface area contributed by atoms with Gasteiger partial charge in [-0.05, 0) is 19.1 Å². The summed E-state index contributed by atoms with van der Waals surface area (Å²) >= 11 is 0. The van der Waals surface area contributed by atoms with Gasteiger partial charge in [-0.1, -0.05) is 18.2 Å². The molecule has 1 unspecified atom stereocenters. The van der Waals surface area contributed by atoms with Crippen LogP contribution in [0.15, 0.2) is 30.3 Å². The zero-order chi connectivity index (χ0) is 13.2. The highest BCUT2D eigenvalue weighted by atomic mass is 15.2. The van der Waals surface area contributed by atoms with Gasteiger partial charge in [0.15, 0.2) is 5.69 Å². The van der Waals surface area contributed by atoms with E-state index < -0.39 is 0 Å². The second kappa shape index (κ2) is 4.87. The van der Waals surface area contributed by atoms with Gasteiger partial charge in [-0.2, -0.15) is 5.26 Å². The molecule has 0 saturated carbocycles. The highest BCUT2D eigenvalue weighted by Gasteiger charge is 2.19. The Labute approximate surface area is 112 Å². The van der Waals surface area contributed by atoms with Crippen LogP contribution in [0.3, 0.4) is 0 Å². The van der Waals surface area contributed by atoms with E-state index in [4.69, 9.17) is 0 Å². The van der Waals surface area contributed by atoms with Gasteiger partial charge >= 0.3 is 0 Å². The molecule has 1 N–H and O–H groups in total. The van der Waals surface area contributed by atoms with Crippen LogP contribution in [0.2, 0.25) is 0 Å². The molecule has 0 spiro atoms. The highest BCUT2D eigenvalue weighted by molar-refractivity contribution is 5.84. The number of benzene rings is 1. The largest absolute Gasteiger partial charge is 0.366 e. The van der Waals surface area contributed by atoms with Crippen LogP contribution in [0, 0.1) is 11.3 Å². The van der Waals surface area contributed by atoms with Gasteiger partial charge in [0.2, 0.25) is 0 Å². The minimum absolute atomic E-state index is 0.437. The number of aromatic nitrogens is 1. The van der Waals surface area contributed by atoms with E-state index in [1.165, 1.54) is 0 Å². The maximum Gasteiger partial charge on any atom is 0.164 e. The normalized spacial score (nSPS) is 19.4. The van der Waals surface area contributed by atoms with Crippen LogP contribution >= 0.6 is 0 Å². The molecule has 19 heavy (non-hydrogen) atoms. The van der Waals surface area contributed by atoms with Gasteiger partial charge in [-0.15, -0.1) is 0 Å². The summed E-state index contributed by atoms with van der Waals surface area (Å²) in [6, 6.07) is 12.7. The van der Waals surface area contributed by atoms with E-state index in [1.54, 1.807) is 0 Å². The Bertz CT molecular complexity index is 644. The lowest BCUT2D eigenvalue weighted by atomic mass is 10.1. The summed E-state index contributed by atoms with van der Waals surface area (Å²) in [7, 11) is 0. The summed E-state index contributed by atoms with van der Waals surface area (Å²) in [5.74, 6) is 0. The van der Waals surface area contributed by atoms with Crippen molar-refractivity contribution in [1.82, 2.24) is 10.3 Å². The first kappa shape index (κ1) is 11.9. The molecule has 1 atom stereocenters. The third-order valence-electron chi connectivity index (χ3n) is 3.52. The number of nitriles is 1. The number of piperazine rings is 1. The molecule has 1 aliphatic heterocycles. The van der Waals surface area contributed by atoms with Gasteiger partial charge in [0.25, 0.3) is 0 Å². The molecule has 96 valence electrons. The van der Waals surface area contributed by atoms with E-state index in [9.17, 15) is 5.26 Å². The van der Waals surface area contributed by atoms with Crippen molar-refractivity contribution < 1.29 is 0 Å². The fraction of sp³-hybridized carbons (Fsp3) is 0.333. The van der Waals surface area contributed by atoms with Crippen molar-refractivity contribution in [1.29, 1.82) is 5.26 Å². The van der Waals surface area contributed by atoms with E-state index in [0.717, 1.165) is 36.2 Å². The second-order valence-electron chi connectivity index (χ2n) is 4.96. The molecule has 1 aliphatic rings. The lowest BCUT2D eigenvalue weighted by molar-refractivity contribution is 0.484. The predicted molar refractivity (Wildman–Crippen MR) is 76.1 cm³/mol. The first-order valence-electron chi connectivity index (χ1n) is 6.56. The molecular formula is C15H16N4. The molecule has 0 aliphatic carbocycles. The van der Waals surface area contributed by atoms with E-state index in [1.807, 2.05) is 24.3 Å². The summed E-state index contributed by atoms with van der Waals surface area (Å²) < 4.78 is 0. The molecule has 0 radical (unpaired) electrons. The maximum atomic E-state index is 9.32. The number of anilines is 1. The number of hydrogen-bond acceptors (Lipinski definition) is 4. The number of para-hydroxylation sites is 1. The third kappa shape index (κ3) is 2.25. The van der Waals surface area contributed by atoms with Crippen LogP contribution in [0.25, 0.3) is 10.9 Å². The monoisotopic (exact) mass is 252 g/mol. The number of hydrogen-bond donors (Lipinski definition) is 1. The summed E-state index contributed by atoms with van der Waals surface area (Å²) in [5.41, 5.74) is 2.35. The molecule has 4 heteroatoms. The van der Waals surface area contributed by atoms with Crippen molar-refractivity contribution in [2.24, 2.45) is 0 Å². The van der Waals surface area contributed by atoms with Crippen LogP contribution in [-0.2, 0) is 0 Å². The van der Waals surface area contributed by atoms with Crippen LogP contribution in [0.1, 0.15) is 12.6 Å². The number of fused-ring (bicyclic) bond motifs is 1. The van der Waals surface area contributed by atoms with Crippen molar-refractivity contribution in [3.8, 4) is 6.07 Å². The average molecular weight is 252 g/mol. The predicted octanol–water partition coefficient (Wildman–Crippen LogP) is 1.90. The Morgan fingerprint density at radius 2 is 2.26 bits per heavy atom. The van der Waals surface area contributed by atoms with Crippen molar-refractivity contribution in [3.63, 3.8) is 0 Å². The highest BCUT2D eigenvalue weighted by Crippen LogP contribution is 2.24. The summed E-state index contributed by atoms with van der Waals surface area (Å²) in [6.07, 6.45) is 0. The molecule has 2 aromatic rings. The van der Waals surface area contributed by atoms with Crippen molar-refractivity contribution in [2.45, 2.75) is 13.0 Å². The van der Waals surface area contributed by atoms with Crippen LogP contribution in [-0.4, -0.2) is 30.7 Å². The van der Waals surface area contributed by atoms with E-state index >= 15 is 0 Å². The Hall–Kier alpha value is -2.12. The molecule has 1 saturated heterocycles. The minimum Gasteiger partial charge on any atom is -0.366 e. The van der Waals surface area contributed by atoms with Gasteiger partial charge in [-0.3, -0.25) is 0 Å². The first-order chi connectivity index (χ1) is 9.28. The van der Waals surface area contributed by atoms with Crippen LogP contribution in [0.4, 0.5) is 5.69 Å². The maximum absolute atomic E-state index is 9.32. The van der Waals surface area contributed by atoms with E-state index in [-0.39, 0.29) is 0 Å². The summed E-state index contributed by atoms with van der Waals surface area (Å²) in [4.78, 5) is 6.72. The number of pyridine rings is 1. The molecule has 3 rings (SSSR count). The standard InChI is InChI=1S/C15H16N4/c1-11-10-19(7-6-17-11)15-8-12-4-2-3-5-13(12)18-14(15)9-16/h2-5,8,11,17H,6-7,10H2,1H3. The number of nitrogens with one attached hydrogen (secondary N) is 1. The van der Waals surface area contributed by atoms with Crippen molar-refractivity contribution in [3.05, 3.63) is 36.0 Å². The van der Waals surface area contributed by atoms with Crippen molar-refractivity contribution >= 4 is 16.6 Å². The second-order valence-corrected chi connectivity index (χ2v) is 4.96. The lowest BCUT2D eigenvalue weighted by Gasteiger charge is -2.33. The Balaban J connectivity index is 2.08. The zero-order valence-corrected chi connectivity index (χ0v) is 10.9. The van der Waals surface area contributed by atoms with Gasteiger partial charge in [-0.25, -0.2) is 4.98 Å². The molecule has 4 nitrogen and oxygen atoms in total. The molecule has 1 aromatic heterocycles. The van der Waals surface area contributed by atoms with Crippen LogP contribution in [0.5, 0.6) is 0 Å². The van der Waals surface area contributed by atoms with E-state index in [0.29, 0.717) is 11.7 Å². The summed E-state index contributed by atoms with van der Waals surface area (Å²) in [5, 5.41) is 13.8. The molecule has 0 bridgehead atoms. The van der Waals surface area contributed by atoms with Gasteiger partial charge in [0.1, 0.15) is 6.07 Å². The number of rotatable bonds is 1. The molecular weight excluding hydrogens is 236 g/mol. The lowest BCUT2D eigenvalue weighted by Crippen LogP contribution is -2.49. The minimum atomic E-state index is 0.437. The number of nitrogens with zero attached hydrogens (tertiary/aromatic N) is 3. The van der Waals surface area contributed by atoms with Crippen LogP contribution < -0.4 is 10.2 Å².